The van der Waals surface area contributed by atoms with E-state index in [1.54, 1.807) is 12.1 Å². The Bertz CT molecular complexity index is 1220. The summed E-state index contributed by atoms with van der Waals surface area (Å²) in [5, 5.41) is 21.1. The van der Waals surface area contributed by atoms with E-state index in [1.165, 1.54) is 11.1 Å². The van der Waals surface area contributed by atoms with Crippen LogP contribution in [-0.4, -0.2) is 10.2 Å². The molecule has 0 bridgehead atoms. The van der Waals surface area contributed by atoms with Gasteiger partial charge >= 0.3 is 0 Å². The molecule has 0 aromatic heterocycles. The molecule has 2 heteroatoms. The second-order valence-corrected chi connectivity index (χ2v) is 15.2. The molecule has 0 aliphatic heterocycles. The van der Waals surface area contributed by atoms with Crippen LogP contribution in [0.1, 0.15) is 99.1 Å². The molecule has 3 aromatic rings. The Labute approximate surface area is 238 Å². The van der Waals surface area contributed by atoms with Crippen LogP contribution in [0.3, 0.4) is 0 Å². The lowest BCUT2D eigenvalue weighted by molar-refractivity contribution is 0.0150. The summed E-state index contributed by atoms with van der Waals surface area (Å²) in [5.41, 5.74) is 4.42. The highest BCUT2D eigenvalue weighted by Gasteiger charge is 2.46. The van der Waals surface area contributed by atoms with Crippen molar-refractivity contribution in [1.82, 2.24) is 0 Å². The molecule has 3 aromatic carbocycles. The molecule has 0 spiro atoms. The molecule has 0 heterocycles. The summed E-state index contributed by atoms with van der Waals surface area (Å²) < 4.78 is 0. The second-order valence-electron chi connectivity index (χ2n) is 15.2. The van der Waals surface area contributed by atoms with Crippen LogP contribution in [0.15, 0.2) is 72.8 Å². The predicted octanol–water partition coefficient (Wildman–Crippen LogP) is 10.6. The number of hydrogen-bond acceptors (Lipinski definition) is 2. The quantitative estimate of drug-likeness (QED) is 0.290. The molecule has 39 heavy (non-hydrogen) atoms. The number of aromatic hydroxyl groups is 2. The van der Waals surface area contributed by atoms with E-state index in [-0.39, 0.29) is 33.2 Å². The Morgan fingerprint density at radius 2 is 1.18 bits per heavy atom. The van der Waals surface area contributed by atoms with E-state index in [4.69, 9.17) is 0 Å². The van der Waals surface area contributed by atoms with Crippen LogP contribution in [0.25, 0.3) is 11.1 Å². The highest BCUT2D eigenvalue weighted by Crippen LogP contribution is 2.56. The molecule has 0 aliphatic carbocycles. The van der Waals surface area contributed by atoms with Crippen LogP contribution < -0.4 is 0 Å². The second kappa shape index (κ2) is 11.4. The topological polar surface area (TPSA) is 40.5 Å². The SMILES string of the molecule is CC(C)(C)CC(c1ccccc1)C(C)(C)C(C)(C)CC(Cc1ccc(O)c(-c2ccccc2O)c1)C(C)(C)C. The van der Waals surface area contributed by atoms with Gasteiger partial charge in [0.05, 0.1) is 0 Å². The summed E-state index contributed by atoms with van der Waals surface area (Å²) in [7, 11) is 0. The Balaban J connectivity index is 1.97. The van der Waals surface area contributed by atoms with Gasteiger partial charge in [0.15, 0.2) is 0 Å². The molecule has 0 aliphatic rings. The van der Waals surface area contributed by atoms with E-state index >= 15 is 0 Å². The fourth-order valence-electron chi connectivity index (χ4n) is 6.03. The van der Waals surface area contributed by atoms with Crippen molar-refractivity contribution in [3.8, 4) is 22.6 Å². The van der Waals surface area contributed by atoms with E-state index in [9.17, 15) is 10.2 Å². The minimum Gasteiger partial charge on any atom is -0.507 e. The van der Waals surface area contributed by atoms with Crippen molar-refractivity contribution in [2.45, 2.75) is 94.4 Å². The average molecular weight is 529 g/mol. The summed E-state index contributed by atoms with van der Waals surface area (Å²) >= 11 is 0. The van der Waals surface area contributed by atoms with Gasteiger partial charge < -0.3 is 10.2 Å². The van der Waals surface area contributed by atoms with Gasteiger partial charge in [-0.2, -0.15) is 0 Å². The summed E-state index contributed by atoms with van der Waals surface area (Å²) in [6.45, 7) is 24.0. The molecule has 2 atom stereocenters. The molecule has 2 unspecified atom stereocenters. The van der Waals surface area contributed by atoms with Gasteiger partial charge in [-0.15, -0.1) is 0 Å². The highest BCUT2D eigenvalue weighted by atomic mass is 16.3. The zero-order valence-corrected chi connectivity index (χ0v) is 26.1. The minimum absolute atomic E-state index is 0.0566. The lowest BCUT2D eigenvalue weighted by Gasteiger charge is -2.51. The molecule has 0 fully saturated rings. The van der Waals surface area contributed by atoms with Crippen LogP contribution in [0.2, 0.25) is 0 Å². The van der Waals surface area contributed by atoms with Gasteiger partial charge in [-0.3, -0.25) is 0 Å². The number of para-hydroxylation sites is 1. The van der Waals surface area contributed by atoms with Gasteiger partial charge in [-0.25, -0.2) is 0 Å². The number of phenols is 2. The summed E-state index contributed by atoms with van der Waals surface area (Å²) in [5.74, 6) is 1.25. The Kier molecular flexibility index (Phi) is 9.00. The highest BCUT2D eigenvalue weighted by molar-refractivity contribution is 5.75. The largest absolute Gasteiger partial charge is 0.507 e. The molecular formula is C37H52O2. The third-order valence-electron chi connectivity index (χ3n) is 9.35. The lowest BCUT2D eigenvalue weighted by atomic mass is 9.53. The Morgan fingerprint density at radius 1 is 0.615 bits per heavy atom. The van der Waals surface area contributed by atoms with Crippen LogP contribution in [0, 0.1) is 27.6 Å². The van der Waals surface area contributed by atoms with E-state index in [0.717, 1.165) is 19.3 Å². The van der Waals surface area contributed by atoms with Gasteiger partial charge in [0.25, 0.3) is 0 Å². The first-order chi connectivity index (χ1) is 17.9. The van der Waals surface area contributed by atoms with Crippen molar-refractivity contribution in [1.29, 1.82) is 0 Å². The van der Waals surface area contributed by atoms with E-state index in [0.29, 0.717) is 23.0 Å². The first-order valence-electron chi connectivity index (χ1n) is 14.6. The van der Waals surface area contributed by atoms with Crippen LogP contribution in [0.4, 0.5) is 0 Å². The Morgan fingerprint density at radius 3 is 1.74 bits per heavy atom. The molecule has 212 valence electrons. The monoisotopic (exact) mass is 528 g/mol. The molecular weight excluding hydrogens is 476 g/mol. The number of phenolic OH excluding ortho intramolecular Hbond substituents is 2. The minimum atomic E-state index is 0.0566. The maximum Gasteiger partial charge on any atom is 0.123 e. The molecule has 0 saturated carbocycles. The summed E-state index contributed by atoms with van der Waals surface area (Å²) in [6.07, 6.45) is 3.14. The molecule has 0 radical (unpaired) electrons. The van der Waals surface area contributed by atoms with Gasteiger partial charge in [-0.1, -0.05) is 124 Å². The first-order valence-corrected chi connectivity index (χ1v) is 14.6. The van der Waals surface area contributed by atoms with E-state index in [1.807, 2.05) is 24.3 Å². The maximum atomic E-state index is 10.7. The van der Waals surface area contributed by atoms with Gasteiger partial charge in [0.2, 0.25) is 0 Å². The standard InChI is InChI=1S/C37H52O2/c1-34(2,3)25-31(27-16-12-11-13-17-27)37(9,10)36(7,8)24-28(35(4,5)6)22-26-20-21-33(39)30(23-26)29-18-14-15-19-32(29)38/h11-21,23,28,31,38-39H,22,24-25H2,1-10H3. The molecule has 0 saturated heterocycles. The van der Waals surface area contributed by atoms with Crippen LogP contribution in [-0.2, 0) is 6.42 Å². The molecule has 0 amide bonds. The third kappa shape index (κ3) is 7.47. The van der Waals surface area contributed by atoms with E-state index in [2.05, 4.69) is 106 Å². The Hall–Kier alpha value is -2.74. The zero-order chi connectivity index (χ0) is 29.2. The van der Waals surface area contributed by atoms with Gasteiger partial charge in [0, 0.05) is 11.1 Å². The van der Waals surface area contributed by atoms with Crippen molar-refractivity contribution in [3.05, 3.63) is 83.9 Å². The number of rotatable bonds is 9. The average Bonchev–Trinajstić information content (AvgIpc) is 2.83. The zero-order valence-electron chi connectivity index (χ0n) is 26.1. The smallest absolute Gasteiger partial charge is 0.123 e. The molecule has 3 rings (SSSR count). The number of hydrogen-bond donors (Lipinski definition) is 2. The maximum absolute atomic E-state index is 10.7. The van der Waals surface area contributed by atoms with Crippen molar-refractivity contribution in [2.75, 3.05) is 0 Å². The third-order valence-corrected chi connectivity index (χ3v) is 9.35. The molecule has 2 N–H and O–H groups in total. The van der Waals surface area contributed by atoms with Gasteiger partial charge in [0.1, 0.15) is 11.5 Å². The van der Waals surface area contributed by atoms with Gasteiger partial charge in [-0.05, 0) is 82.1 Å². The van der Waals surface area contributed by atoms with Crippen molar-refractivity contribution in [2.24, 2.45) is 27.6 Å². The van der Waals surface area contributed by atoms with Crippen molar-refractivity contribution in [3.63, 3.8) is 0 Å². The van der Waals surface area contributed by atoms with Crippen LogP contribution in [0.5, 0.6) is 11.5 Å². The van der Waals surface area contributed by atoms with E-state index < -0.39 is 0 Å². The normalized spacial score (nSPS) is 14.7. The van der Waals surface area contributed by atoms with Crippen LogP contribution >= 0.6 is 0 Å². The summed E-state index contributed by atoms with van der Waals surface area (Å²) in [6, 6.07) is 24.2. The fraction of sp³-hybridized carbons (Fsp3) is 0.514. The first kappa shape index (κ1) is 30.8. The van der Waals surface area contributed by atoms with Crippen molar-refractivity contribution < 1.29 is 10.2 Å². The lowest BCUT2D eigenvalue weighted by Crippen LogP contribution is -2.42. The number of benzene rings is 3. The predicted molar refractivity (Wildman–Crippen MR) is 167 cm³/mol. The van der Waals surface area contributed by atoms with Crippen molar-refractivity contribution >= 4 is 0 Å². The molecule has 2 nitrogen and oxygen atoms in total. The fourth-order valence-corrected chi connectivity index (χ4v) is 6.03. The summed E-state index contributed by atoms with van der Waals surface area (Å²) in [4.78, 5) is 0.